The third-order valence-corrected chi connectivity index (χ3v) is 2.37. The number of hydrogen-bond acceptors (Lipinski definition) is 3. The molecule has 0 unspecified atom stereocenters. The molecule has 0 N–H and O–H groups in total. The van der Waals surface area contributed by atoms with Crippen molar-refractivity contribution in [3.63, 3.8) is 0 Å². The molecule has 0 heterocycles. The van der Waals surface area contributed by atoms with E-state index in [1.54, 1.807) is 31.4 Å². The zero-order chi connectivity index (χ0) is 11.3. The third kappa shape index (κ3) is 2.27. The van der Waals surface area contributed by atoms with Crippen LogP contribution in [0.25, 0.3) is 0 Å². The molecule has 0 saturated carbocycles. The smallest absolute Gasteiger partial charge is 0.223 e. The minimum absolute atomic E-state index is 0.621. The van der Waals surface area contributed by atoms with Gasteiger partial charge in [0.25, 0.3) is 0 Å². The lowest BCUT2D eigenvalue weighted by Gasteiger charge is -2.28. The molecule has 0 amide bonds. The number of ether oxygens (including phenoxy) is 3. The summed E-state index contributed by atoms with van der Waals surface area (Å²) in [5, 5.41) is 0. The summed E-state index contributed by atoms with van der Waals surface area (Å²) in [5.41, 5.74) is 0.621. The van der Waals surface area contributed by atoms with E-state index in [0.717, 1.165) is 0 Å². The predicted octanol–water partition coefficient (Wildman–Crippen LogP) is 2.11. The van der Waals surface area contributed by atoms with E-state index < -0.39 is 12.5 Å². The minimum atomic E-state index is -1.31. The fraction of sp³-hybridized carbons (Fsp3) is 0.455. The highest BCUT2D eigenvalue weighted by Crippen LogP contribution is 2.28. The summed E-state index contributed by atoms with van der Waals surface area (Å²) in [6.45, 7) is -0.744. The van der Waals surface area contributed by atoms with E-state index in [2.05, 4.69) is 0 Å². The lowest BCUT2D eigenvalue weighted by Crippen LogP contribution is -2.33. The molecule has 0 bridgehead atoms. The molecule has 3 nitrogen and oxygen atoms in total. The molecule has 15 heavy (non-hydrogen) atoms. The normalized spacial score (nSPS) is 11.5. The number of halogens is 1. The SMILES string of the molecule is COc1ccc(C(CF)(OC)OC)cc1. The Balaban J connectivity index is 3.01. The monoisotopic (exact) mass is 214 g/mol. The summed E-state index contributed by atoms with van der Waals surface area (Å²) >= 11 is 0. The van der Waals surface area contributed by atoms with Crippen molar-refractivity contribution in [2.75, 3.05) is 28.0 Å². The average Bonchev–Trinajstić information content (AvgIpc) is 2.33. The van der Waals surface area contributed by atoms with Gasteiger partial charge in [-0.05, 0) is 24.3 Å². The summed E-state index contributed by atoms with van der Waals surface area (Å²) in [4.78, 5) is 0. The first-order chi connectivity index (χ1) is 7.22. The Kier molecular flexibility index (Phi) is 4.05. The molecule has 0 aliphatic carbocycles. The second-order valence-electron chi connectivity index (χ2n) is 3.02. The van der Waals surface area contributed by atoms with Gasteiger partial charge in [0.15, 0.2) is 0 Å². The number of alkyl halides is 1. The Bertz CT molecular complexity index is 285. The summed E-state index contributed by atoms with van der Waals surface area (Å²) in [5.74, 6) is -0.606. The zero-order valence-electron chi connectivity index (χ0n) is 9.12. The number of methoxy groups -OCH3 is 3. The van der Waals surface area contributed by atoms with Gasteiger partial charge in [-0.25, -0.2) is 4.39 Å². The second kappa shape index (κ2) is 5.09. The van der Waals surface area contributed by atoms with E-state index >= 15 is 0 Å². The summed E-state index contributed by atoms with van der Waals surface area (Å²) in [6.07, 6.45) is 0. The lowest BCUT2D eigenvalue weighted by atomic mass is 10.1. The number of rotatable bonds is 5. The Labute approximate surface area is 88.8 Å². The van der Waals surface area contributed by atoms with Crippen LogP contribution in [0.15, 0.2) is 24.3 Å². The van der Waals surface area contributed by atoms with Crippen LogP contribution in [-0.2, 0) is 15.3 Å². The Morgan fingerprint density at radius 1 is 1.07 bits per heavy atom. The molecular formula is C11H15FO3. The van der Waals surface area contributed by atoms with Gasteiger partial charge in [-0.2, -0.15) is 0 Å². The highest BCUT2D eigenvalue weighted by atomic mass is 19.1. The average molecular weight is 214 g/mol. The van der Waals surface area contributed by atoms with Crippen molar-refractivity contribution in [2.45, 2.75) is 5.79 Å². The largest absolute Gasteiger partial charge is 0.497 e. The first-order valence-corrected chi connectivity index (χ1v) is 4.53. The topological polar surface area (TPSA) is 27.7 Å². The highest BCUT2D eigenvalue weighted by molar-refractivity contribution is 5.30. The van der Waals surface area contributed by atoms with Gasteiger partial charge in [0.1, 0.15) is 12.4 Å². The van der Waals surface area contributed by atoms with Crippen molar-refractivity contribution >= 4 is 0 Å². The quantitative estimate of drug-likeness (QED) is 0.702. The maximum Gasteiger partial charge on any atom is 0.223 e. The van der Waals surface area contributed by atoms with Crippen molar-refractivity contribution in [2.24, 2.45) is 0 Å². The van der Waals surface area contributed by atoms with Crippen molar-refractivity contribution < 1.29 is 18.6 Å². The molecule has 0 saturated heterocycles. The maximum atomic E-state index is 12.9. The van der Waals surface area contributed by atoms with Gasteiger partial charge in [-0.3, -0.25) is 0 Å². The van der Waals surface area contributed by atoms with E-state index in [1.807, 2.05) is 0 Å². The molecule has 0 aliphatic rings. The number of hydrogen-bond donors (Lipinski definition) is 0. The van der Waals surface area contributed by atoms with E-state index in [9.17, 15) is 4.39 Å². The van der Waals surface area contributed by atoms with E-state index in [0.29, 0.717) is 11.3 Å². The standard InChI is InChI=1S/C11H15FO3/c1-13-10-6-4-9(5-7-10)11(8-12,14-2)15-3/h4-7H,8H2,1-3H3. The molecule has 0 aromatic heterocycles. The fourth-order valence-corrected chi connectivity index (χ4v) is 1.35. The van der Waals surface area contributed by atoms with E-state index in [4.69, 9.17) is 14.2 Å². The van der Waals surface area contributed by atoms with Gasteiger partial charge in [-0.15, -0.1) is 0 Å². The molecule has 0 fully saturated rings. The zero-order valence-corrected chi connectivity index (χ0v) is 9.12. The maximum absolute atomic E-state index is 12.9. The summed E-state index contributed by atoms with van der Waals surface area (Å²) in [6, 6.07) is 6.90. The molecule has 0 spiro atoms. The molecule has 1 aromatic rings. The first kappa shape index (κ1) is 11.9. The van der Waals surface area contributed by atoms with Gasteiger partial charge in [0.05, 0.1) is 7.11 Å². The fourth-order valence-electron chi connectivity index (χ4n) is 1.35. The predicted molar refractivity (Wildman–Crippen MR) is 54.7 cm³/mol. The van der Waals surface area contributed by atoms with Crippen LogP contribution in [0.3, 0.4) is 0 Å². The van der Waals surface area contributed by atoms with Gasteiger partial charge in [0, 0.05) is 19.8 Å². The van der Waals surface area contributed by atoms with Crippen LogP contribution >= 0.6 is 0 Å². The molecule has 0 aliphatic heterocycles. The Morgan fingerprint density at radius 2 is 1.60 bits per heavy atom. The lowest BCUT2D eigenvalue weighted by molar-refractivity contribution is -0.224. The van der Waals surface area contributed by atoms with Crippen molar-refractivity contribution in [3.05, 3.63) is 29.8 Å². The van der Waals surface area contributed by atoms with E-state index in [1.165, 1.54) is 14.2 Å². The Hall–Kier alpha value is -1.13. The highest BCUT2D eigenvalue weighted by Gasteiger charge is 2.32. The summed E-state index contributed by atoms with van der Waals surface area (Å²) < 4.78 is 28.0. The molecule has 0 radical (unpaired) electrons. The van der Waals surface area contributed by atoms with Gasteiger partial charge < -0.3 is 14.2 Å². The van der Waals surface area contributed by atoms with Crippen LogP contribution in [0.5, 0.6) is 5.75 Å². The molecule has 84 valence electrons. The minimum Gasteiger partial charge on any atom is -0.497 e. The third-order valence-electron chi connectivity index (χ3n) is 2.37. The molecule has 1 aromatic carbocycles. The Morgan fingerprint density at radius 3 is 1.93 bits per heavy atom. The van der Waals surface area contributed by atoms with Crippen LogP contribution in [-0.4, -0.2) is 28.0 Å². The van der Waals surface area contributed by atoms with Crippen LogP contribution in [0, 0.1) is 0 Å². The van der Waals surface area contributed by atoms with Crippen LogP contribution < -0.4 is 4.74 Å². The van der Waals surface area contributed by atoms with E-state index in [-0.39, 0.29) is 0 Å². The summed E-state index contributed by atoms with van der Waals surface area (Å²) in [7, 11) is 4.39. The second-order valence-corrected chi connectivity index (χ2v) is 3.02. The number of benzene rings is 1. The van der Waals surface area contributed by atoms with Crippen LogP contribution in [0.2, 0.25) is 0 Å². The van der Waals surface area contributed by atoms with Crippen molar-refractivity contribution in [1.29, 1.82) is 0 Å². The van der Waals surface area contributed by atoms with Gasteiger partial charge >= 0.3 is 0 Å². The molecular weight excluding hydrogens is 199 g/mol. The van der Waals surface area contributed by atoms with Crippen molar-refractivity contribution in [3.8, 4) is 5.75 Å². The van der Waals surface area contributed by atoms with Crippen LogP contribution in [0.1, 0.15) is 5.56 Å². The molecule has 0 atom stereocenters. The van der Waals surface area contributed by atoms with Crippen LogP contribution in [0.4, 0.5) is 4.39 Å². The molecule has 4 heteroatoms. The first-order valence-electron chi connectivity index (χ1n) is 4.53. The van der Waals surface area contributed by atoms with Crippen molar-refractivity contribution in [1.82, 2.24) is 0 Å². The molecule has 1 rings (SSSR count). The van der Waals surface area contributed by atoms with Gasteiger partial charge in [-0.1, -0.05) is 0 Å². The van der Waals surface area contributed by atoms with Gasteiger partial charge in [0.2, 0.25) is 5.79 Å².